The van der Waals surface area contributed by atoms with Gasteiger partial charge in [-0.2, -0.15) is 0 Å². The highest BCUT2D eigenvalue weighted by Crippen LogP contribution is 2.36. The number of hydrogen-bond acceptors (Lipinski definition) is 4. The average molecular weight is 376 g/mol. The summed E-state index contributed by atoms with van der Waals surface area (Å²) in [5, 5.41) is 14.8. The van der Waals surface area contributed by atoms with Crippen molar-refractivity contribution in [3.8, 4) is 17.0 Å². The second kappa shape index (κ2) is 6.88. The van der Waals surface area contributed by atoms with Crippen LogP contribution in [-0.4, -0.2) is 28.3 Å². The topological polar surface area (TPSA) is 49.5 Å². The van der Waals surface area contributed by atoms with Gasteiger partial charge in [0, 0.05) is 18.7 Å². The molecule has 1 fully saturated rings. The van der Waals surface area contributed by atoms with E-state index in [9.17, 15) is 18.3 Å². The van der Waals surface area contributed by atoms with E-state index in [1.807, 2.05) is 0 Å². The van der Waals surface area contributed by atoms with Gasteiger partial charge in [-0.05, 0) is 49.6 Å². The highest BCUT2D eigenvalue weighted by Gasteiger charge is 2.23. The minimum Gasteiger partial charge on any atom is -0.507 e. The fraction of sp³-hybridized carbons (Fsp3) is 0.350. The number of hydrogen-bond donors (Lipinski definition) is 1. The van der Waals surface area contributed by atoms with E-state index in [0.29, 0.717) is 29.0 Å². The number of aromatic hydroxyl groups is 1. The first kappa shape index (κ1) is 17.9. The molecular formula is C20H19F3N2O2. The van der Waals surface area contributed by atoms with Gasteiger partial charge in [0.1, 0.15) is 11.4 Å². The molecule has 3 aromatic rings. The van der Waals surface area contributed by atoms with Crippen LogP contribution in [0.5, 0.6) is 5.75 Å². The smallest absolute Gasteiger partial charge is 0.194 e. The quantitative estimate of drug-likeness (QED) is 0.664. The van der Waals surface area contributed by atoms with Crippen LogP contribution >= 0.6 is 0 Å². The molecule has 1 saturated heterocycles. The average Bonchev–Trinajstić information content (AvgIpc) is 3.06. The molecule has 7 heteroatoms. The van der Waals surface area contributed by atoms with Gasteiger partial charge < -0.3 is 9.63 Å². The van der Waals surface area contributed by atoms with Crippen molar-refractivity contribution in [2.45, 2.75) is 26.3 Å². The van der Waals surface area contributed by atoms with E-state index in [1.165, 1.54) is 12.5 Å². The fourth-order valence-corrected chi connectivity index (χ4v) is 3.76. The lowest BCUT2D eigenvalue weighted by Gasteiger charge is -2.30. The summed E-state index contributed by atoms with van der Waals surface area (Å²) in [6.45, 7) is 4.53. The second-order valence-corrected chi connectivity index (χ2v) is 7.21. The molecule has 1 N–H and O–H groups in total. The van der Waals surface area contributed by atoms with Crippen molar-refractivity contribution in [1.29, 1.82) is 0 Å². The number of fused-ring (bicyclic) bond motifs is 1. The van der Waals surface area contributed by atoms with E-state index in [1.54, 1.807) is 6.07 Å². The van der Waals surface area contributed by atoms with E-state index in [4.69, 9.17) is 4.52 Å². The minimum atomic E-state index is -1.52. The fourth-order valence-electron chi connectivity index (χ4n) is 3.76. The van der Waals surface area contributed by atoms with Crippen LogP contribution in [0.2, 0.25) is 0 Å². The number of aromatic nitrogens is 1. The summed E-state index contributed by atoms with van der Waals surface area (Å²) in [6.07, 6.45) is 2.27. The highest BCUT2D eigenvalue weighted by molar-refractivity contribution is 5.94. The van der Waals surface area contributed by atoms with Crippen molar-refractivity contribution in [2.24, 2.45) is 5.92 Å². The molecule has 1 aliphatic rings. The third-order valence-corrected chi connectivity index (χ3v) is 5.10. The van der Waals surface area contributed by atoms with E-state index in [2.05, 4.69) is 17.0 Å². The van der Waals surface area contributed by atoms with Gasteiger partial charge in [0.25, 0.3) is 0 Å². The molecule has 2 aromatic carbocycles. The maximum absolute atomic E-state index is 13.6. The van der Waals surface area contributed by atoms with Crippen LogP contribution in [0.1, 0.15) is 25.3 Å². The van der Waals surface area contributed by atoms with Crippen LogP contribution in [0.3, 0.4) is 0 Å². The first-order valence-corrected chi connectivity index (χ1v) is 8.91. The zero-order valence-corrected chi connectivity index (χ0v) is 14.8. The van der Waals surface area contributed by atoms with Gasteiger partial charge in [-0.15, -0.1) is 0 Å². The molecule has 2 heterocycles. The SMILES string of the molecule is CC1CCCN(Cc2c(O)ccc3c(-c4cc(F)c(F)c(F)c4)noc23)C1. The highest BCUT2D eigenvalue weighted by atomic mass is 19.2. The van der Waals surface area contributed by atoms with Gasteiger partial charge in [-0.25, -0.2) is 13.2 Å². The van der Waals surface area contributed by atoms with E-state index in [0.717, 1.165) is 31.6 Å². The number of likely N-dealkylation sites (tertiary alicyclic amines) is 1. The third-order valence-electron chi connectivity index (χ3n) is 5.10. The third kappa shape index (κ3) is 3.27. The molecule has 1 aromatic heterocycles. The van der Waals surface area contributed by atoms with Crippen LogP contribution in [0, 0.1) is 23.4 Å². The summed E-state index contributed by atoms with van der Waals surface area (Å²) in [7, 11) is 0. The molecule has 1 aliphatic heterocycles. The van der Waals surface area contributed by atoms with Gasteiger partial charge in [0.2, 0.25) is 0 Å². The summed E-state index contributed by atoms with van der Waals surface area (Å²) < 4.78 is 45.9. The molecule has 0 bridgehead atoms. The van der Waals surface area contributed by atoms with Crippen LogP contribution < -0.4 is 0 Å². The van der Waals surface area contributed by atoms with Gasteiger partial charge in [-0.3, -0.25) is 4.90 Å². The zero-order chi connectivity index (χ0) is 19.1. The van der Waals surface area contributed by atoms with Crippen LogP contribution in [0.15, 0.2) is 28.8 Å². The van der Waals surface area contributed by atoms with Crippen molar-refractivity contribution in [2.75, 3.05) is 13.1 Å². The molecule has 142 valence electrons. The molecular weight excluding hydrogens is 357 g/mol. The van der Waals surface area contributed by atoms with E-state index < -0.39 is 17.5 Å². The lowest BCUT2D eigenvalue weighted by molar-refractivity contribution is 0.175. The standard InChI is InChI=1S/C20H19F3N2O2/c1-11-3-2-6-25(9-11)10-14-17(26)5-4-13-19(24-27-20(13)14)12-7-15(21)18(23)16(22)8-12/h4-5,7-8,11,26H,2-3,6,9-10H2,1H3. The number of halogens is 3. The number of benzene rings is 2. The van der Waals surface area contributed by atoms with Crippen LogP contribution in [0.4, 0.5) is 13.2 Å². The van der Waals surface area contributed by atoms with Crippen molar-refractivity contribution >= 4 is 11.0 Å². The Labute approximate surface area is 154 Å². The van der Waals surface area contributed by atoms with Crippen molar-refractivity contribution in [3.05, 3.63) is 47.3 Å². The molecule has 1 atom stereocenters. The summed E-state index contributed by atoms with van der Waals surface area (Å²) in [4.78, 5) is 2.24. The van der Waals surface area contributed by atoms with Crippen LogP contribution in [-0.2, 0) is 6.54 Å². The normalized spacial score (nSPS) is 18.3. The summed E-state index contributed by atoms with van der Waals surface area (Å²) in [5.41, 5.74) is 1.24. The molecule has 0 amide bonds. The molecule has 0 radical (unpaired) electrons. The number of phenols is 1. The Kier molecular flexibility index (Phi) is 4.55. The van der Waals surface area contributed by atoms with Crippen LogP contribution in [0.25, 0.3) is 22.2 Å². The van der Waals surface area contributed by atoms with E-state index in [-0.39, 0.29) is 17.0 Å². The Morgan fingerprint density at radius 3 is 2.67 bits per heavy atom. The molecule has 4 rings (SSSR count). The summed E-state index contributed by atoms with van der Waals surface area (Å²) in [5.74, 6) is -3.44. The first-order valence-electron chi connectivity index (χ1n) is 8.91. The Morgan fingerprint density at radius 2 is 1.96 bits per heavy atom. The maximum atomic E-state index is 13.6. The molecule has 4 nitrogen and oxygen atoms in total. The number of rotatable bonds is 3. The van der Waals surface area contributed by atoms with Gasteiger partial charge in [-0.1, -0.05) is 12.1 Å². The predicted octanol–water partition coefficient (Wildman–Crippen LogP) is 4.85. The first-order chi connectivity index (χ1) is 12.9. The number of nitrogens with zero attached hydrogens (tertiary/aromatic N) is 2. The monoisotopic (exact) mass is 376 g/mol. The molecule has 27 heavy (non-hydrogen) atoms. The number of piperidine rings is 1. The molecule has 0 spiro atoms. The lowest BCUT2D eigenvalue weighted by Crippen LogP contribution is -2.33. The Bertz CT molecular complexity index is 979. The van der Waals surface area contributed by atoms with E-state index >= 15 is 0 Å². The van der Waals surface area contributed by atoms with Gasteiger partial charge in [0.15, 0.2) is 23.0 Å². The largest absolute Gasteiger partial charge is 0.507 e. The Hall–Kier alpha value is -2.54. The predicted molar refractivity (Wildman–Crippen MR) is 94.7 cm³/mol. The Morgan fingerprint density at radius 1 is 1.22 bits per heavy atom. The lowest BCUT2D eigenvalue weighted by atomic mass is 9.99. The van der Waals surface area contributed by atoms with Crippen molar-refractivity contribution < 1.29 is 22.8 Å². The number of phenolic OH excluding ortho intramolecular Hbond substituents is 1. The maximum Gasteiger partial charge on any atom is 0.194 e. The molecule has 1 unspecified atom stereocenters. The van der Waals surface area contributed by atoms with Gasteiger partial charge >= 0.3 is 0 Å². The van der Waals surface area contributed by atoms with Crippen molar-refractivity contribution in [1.82, 2.24) is 10.1 Å². The Balaban J connectivity index is 1.76. The van der Waals surface area contributed by atoms with Crippen molar-refractivity contribution in [3.63, 3.8) is 0 Å². The van der Waals surface area contributed by atoms with Gasteiger partial charge in [0.05, 0.1) is 10.9 Å². The summed E-state index contributed by atoms with van der Waals surface area (Å²) in [6, 6.07) is 4.86. The minimum absolute atomic E-state index is 0.0772. The summed E-state index contributed by atoms with van der Waals surface area (Å²) >= 11 is 0. The zero-order valence-electron chi connectivity index (χ0n) is 14.8. The molecule has 0 saturated carbocycles. The molecule has 0 aliphatic carbocycles. The second-order valence-electron chi connectivity index (χ2n) is 7.21.